The molecule has 2 heterocycles. The molecule has 0 fully saturated rings. The average molecular weight is 497 g/mol. The number of alkyl halides is 3. The van der Waals surface area contributed by atoms with Crippen molar-refractivity contribution in [3.05, 3.63) is 74.4 Å². The molecule has 33 heavy (non-hydrogen) atoms. The maximum Gasteiger partial charge on any atom is 0.416 e. The molecule has 1 aliphatic rings. The smallest absolute Gasteiger partial charge is 0.362 e. The van der Waals surface area contributed by atoms with E-state index in [1.54, 1.807) is 4.68 Å². The van der Waals surface area contributed by atoms with Gasteiger partial charge in [0.05, 0.1) is 21.3 Å². The lowest BCUT2D eigenvalue weighted by Crippen LogP contribution is -2.31. The molecule has 0 spiro atoms. The van der Waals surface area contributed by atoms with Crippen molar-refractivity contribution >= 4 is 29.0 Å². The number of hydrogen-bond donors (Lipinski definition) is 0. The van der Waals surface area contributed by atoms with Gasteiger partial charge in [-0.25, -0.2) is 4.68 Å². The number of fused-ring (bicyclic) bond motifs is 1. The number of rotatable bonds is 5. The SMILES string of the molecule is CCc1nn(-c2c(Cl)cc(C(F)(F)F)cc2Cl)c(N(C)C)c1CN1CCc2ccccc2C1. The lowest BCUT2D eigenvalue weighted by molar-refractivity contribution is -0.137. The van der Waals surface area contributed by atoms with Crippen LogP contribution in [0.5, 0.6) is 0 Å². The Balaban J connectivity index is 1.77. The lowest BCUT2D eigenvalue weighted by atomic mass is 9.99. The predicted molar refractivity (Wildman–Crippen MR) is 127 cm³/mol. The van der Waals surface area contributed by atoms with Crippen LogP contribution < -0.4 is 4.90 Å². The maximum atomic E-state index is 13.2. The number of halogens is 5. The first-order chi connectivity index (χ1) is 15.6. The van der Waals surface area contributed by atoms with Crippen molar-refractivity contribution in [3.63, 3.8) is 0 Å². The summed E-state index contributed by atoms with van der Waals surface area (Å²) in [6.07, 6.45) is -2.90. The molecule has 1 aliphatic heterocycles. The molecular formula is C24H25Cl2F3N4. The molecule has 3 aromatic rings. The number of aromatic nitrogens is 2. The Morgan fingerprint density at radius 2 is 1.70 bits per heavy atom. The van der Waals surface area contributed by atoms with E-state index in [0.717, 1.165) is 48.7 Å². The minimum Gasteiger partial charge on any atom is -0.362 e. The Labute approximate surface area is 201 Å². The van der Waals surface area contributed by atoms with Crippen LogP contribution in [-0.4, -0.2) is 35.3 Å². The van der Waals surface area contributed by atoms with Gasteiger partial charge in [0.15, 0.2) is 0 Å². The zero-order valence-corrected chi connectivity index (χ0v) is 20.2. The van der Waals surface area contributed by atoms with Crippen molar-refractivity contribution in [2.45, 2.75) is 39.0 Å². The van der Waals surface area contributed by atoms with Gasteiger partial charge < -0.3 is 4.90 Å². The van der Waals surface area contributed by atoms with Crippen LogP contribution in [0.1, 0.15) is 34.9 Å². The van der Waals surface area contributed by atoms with E-state index in [0.29, 0.717) is 13.0 Å². The summed E-state index contributed by atoms with van der Waals surface area (Å²) < 4.78 is 41.3. The minimum absolute atomic E-state index is 0.0958. The molecule has 1 aromatic heterocycles. The van der Waals surface area contributed by atoms with Crippen LogP contribution in [0.15, 0.2) is 36.4 Å². The summed E-state index contributed by atoms with van der Waals surface area (Å²) in [4.78, 5) is 4.27. The molecule has 4 rings (SSSR count). The van der Waals surface area contributed by atoms with Crippen LogP contribution in [0.4, 0.5) is 19.0 Å². The van der Waals surface area contributed by atoms with Gasteiger partial charge in [-0.05, 0) is 36.1 Å². The normalized spacial score (nSPS) is 14.4. The van der Waals surface area contributed by atoms with Gasteiger partial charge in [0.25, 0.3) is 0 Å². The molecule has 4 nitrogen and oxygen atoms in total. The van der Waals surface area contributed by atoms with Gasteiger partial charge in [0.1, 0.15) is 11.5 Å². The van der Waals surface area contributed by atoms with Gasteiger partial charge in [0, 0.05) is 39.3 Å². The fraction of sp³-hybridized carbons (Fsp3) is 0.375. The zero-order valence-electron chi connectivity index (χ0n) is 18.7. The number of aryl methyl sites for hydroxylation is 1. The lowest BCUT2D eigenvalue weighted by Gasteiger charge is -2.29. The topological polar surface area (TPSA) is 24.3 Å². The second-order valence-corrected chi connectivity index (χ2v) is 9.24. The van der Waals surface area contributed by atoms with Gasteiger partial charge >= 0.3 is 6.18 Å². The van der Waals surface area contributed by atoms with E-state index in [1.807, 2.05) is 25.9 Å². The highest BCUT2D eigenvalue weighted by molar-refractivity contribution is 6.38. The summed E-state index contributed by atoms with van der Waals surface area (Å²) in [6, 6.07) is 10.2. The third-order valence-corrected chi connectivity index (χ3v) is 6.52. The standard InChI is InChI=1S/C24H25Cl2F3N4/c1-4-21-18(14-32-10-9-15-7-5-6-8-16(15)13-32)23(31(2)3)33(30-21)22-19(25)11-17(12-20(22)26)24(27,28)29/h5-8,11-12H,4,9-10,13-14H2,1-3H3. The van der Waals surface area contributed by atoms with Crippen LogP contribution in [-0.2, 0) is 32.1 Å². The van der Waals surface area contributed by atoms with Crippen molar-refractivity contribution in [2.75, 3.05) is 25.5 Å². The van der Waals surface area contributed by atoms with Crippen molar-refractivity contribution in [3.8, 4) is 5.69 Å². The van der Waals surface area contributed by atoms with E-state index in [-0.39, 0.29) is 15.7 Å². The van der Waals surface area contributed by atoms with Crippen LogP contribution in [0.2, 0.25) is 10.0 Å². The number of nitrogens with zero attached hydrogens (tertiary/aromatic N) is 4. The molecule has 0 amide bonds. The number of anilines is 1. The molecule has 0 saturated carbocycles. The molecule has 0 saturated heterocycles. The largest absolute Gasteiger partial charge is 0.416 e. The Bertz CT molecular complexity index is 1150. The third kappa shape index (κ3) is 4.72. The van der Waals surface area contributed by atoms with E-state index in [2.05, 4.69) is 29.2 Å². The van der Waals surface area contributed by atoms with Crippen molar-refractivity contribution in [1.29, 1.82) is 0 Å². The van der Waals surface area contributed by atoms with Crippen LogP contribution in [0, 0.1) is 0 Å². The Morgan fingerprint density at radius 3 is 2.27 bits per heavy atom. The van der Waals surface area contributed by atoms with E-state index in [4.69, 9.17) is 28.3 Å². The Morgan fingerprint density at radius 1 is 1.06 bits per heavy atom. The highest BCUT2D eigenvalue weighted by Crippen LogP contribution is 2.40. The van der Waals surface area contributed by atoms with Crippen molar-refractivity contribution < 1.29 is 13.2 Å². The minimum atomic E-state index is -4.54. The molecule has 176 valence electrons. The first-order valence-electron chi connectivity index (χ1n) is 10.7. The van der Waals surface area contributed by atoms with Gasteiger partial charge in [-0.2, -0.15) is 18.3 Å². The zero-order chi connectivity index (χ0) is 23.9. The van der Waals surface area contributed by atoms with Crippen LogP contribution in [0.25, 0.3) is 5.69 Å². The molecule has 0 bridgehead atoms. The molecule has 0 aliphatic carbocycles. The number of benzene rings is 2. The third-order valence-electron chi connectivity index (χ3n) is 5.95. The maximum absolute atomic E-state index is 13.2. The summed E-state index contributed by atoms with van der Waals surface area (Å²) in [7, 11) is 3.77. The van der Waals surface area contributed by atoms with Crippen LogP contribution in [0.3, 0.4) is 0 Å². The average Bonchev–Trinajstić information content (AvgIpc) is 3.10. The Kier molecular flexibility index (Phi) is 6.67. The molecule has 0 atom stereocenters. The van der Waals surface area contributed by atoms with Gasteiger partial charge in [-0.3, -0.25) is 4.90 Å². The second kappa shape index (κ2) is 9.20. The van der Waals surface area contributed by atoms with Crippen LogP contribution >= 0.6 is 23.2 Å². The van der Waals surface area contributed by atoms with Gasteiger partial charge in [-0.15, -0.1) is 0 Å². The number of hydrogen-bond acceptors (Lipinski definition) is 3. The molecule has 9 heteroatoms. The summed E-state index contributed by atoms with van der Waals surface area (Å²) in [5.74, 6) is 0.759. The summed E-state index contributed by atoms with van der Waals surface area (Å²) >= 11 is 12.7. The second-order valence-electron chi connectivity index (χ2n) is 8.42. The molecule has 0 radical (unpaired) electrons. The van der Waals surface area contributed by atoms with Gasteiger partial charge in [-0.1, -0.05) is 54.4 Å². The van der Waals surface area contributed by atoms with E-state index in [9.17, 15) is 13.2 Å². The fourth-order valence-corrected chi connectivity index (χ4v) is 5.04. The summed E-state index contributed by atoms with van der Waals surface area (Å²) in [5, 5.41) is 4.55. The first kappa shape index (κ1) is 23.9. The van der Waals surface area contributed by atoms with E-state index >= 15 is 0 Å². The van der Waals surface area contributed by atoms with Crippen molar-refractivity contribution in [2.24, 2.45) is 0 Å². The first-order valence-corrected chi connectivity index (χ1v) is 11.5. The Hall–Kier alpha value is -2.22. The molecule has 0 N–H and O–H groups in total. The van der Waals surface area contributed by atoms with Crippen molar-refractivity contribution in [1.82, 2.24) is 14.7 Å². The van der Waals surface area contributed by atoms with E-state index < -0.39 is 11.7 Å². The van der Waals surface area contributed by atoms with E-state index in [1.165, 1.54) is 11.1 Å². The highest BCUT2D eigenvalue weighted by atomic mass is 35.5. The summed E-state index contributed by atoms with van der Waals surface area (Å²) in [5.41, 5.74) is 3.94. The molecule has 0 unspecified atom stereocenters. The quantitative estimate of drug-likeness (QED) is 0.409. The monoisotopic (exact) mass is 496 g/mol. The molecule has 2 aromatic carbocycles. The highest BCUT2D eigenvalue weighted by Gasteiger charge is 2.33. The molecular weight excluding hydrogens is 472 g/mol. The van der Waals surface area contributed by atoms with Gasteiger partial charge in [0.2, 0.25) is 0 Å². The fourth-order valence-electron chi connectivity index (χ4n) is 4.39. The predicted octanol–water partition coefficient (Wildman–Crippen LogP) is 6.38. The summed E-state index contributed by atoms with van der Waals surface area (Å²) in [6.45, 7) is 4.43.